The molecule has 0 aliphatic carbocycles. The van der Waals surface area contributed by atoms with Gasteiger partial charge in [0.15, 0.2) is 5.82 Å². The van der Waals surface area contributed by atoms with E-state index in [9.17, 15) is 4.79 Å². The molecule has 0 aliphatic heterocycles. The summed E-state index contributed by atoms with van der Waals surface area (Å²) in [5.74, 6) is 0.747. The first-order valence-corrected chi connectivity index (χ1v) is 7.11. The number of thiophene rings is 1. The van der Waals surface area contributed by atoms with Crippen molar-refractivity contribution in [1.82, 2.24) is 15.5 Å². The highest BCUT2D eigenvalue weighted by molar-refractivity contribution is 7.10. The summed E-state index contributed by atoms with van der Waals surface area (Å²) in [5, 5.41) is 8.67. The minimum atomic E-state index is -0.202. The molecule has 0 bridgehead atoms. The maximum atomic E-state index is 11.3. The summed E-state index contributed by atoms with van der Waals surface area (Å²) < 4.78 is 5.26. The fraction of sp³-hybridized carbons (Fsp3) is 0.357. The van der Waals surface area contributed by atoms with Crippen LogP contribution in [0.3, 0.4) is 0 Å². The van der Waals surface area contributed by atoms with E-state index in [-0.39, 0.29) is 11.3 Å². The Balaban J connectivity index is 2.37. The van der Waals surface area contributed by atoms with Crippen LogP contribution < -0.4 is 5.32 Å². The molecule has 0 radical (unpaired) electrons. The molecule has 0 spiro atoms. The lowest BCUT2D eigenvalue weighted by molar-refractivity contribution is -0.117. The van der Waals surface area contributed by atoms with Gasteiger partial charge >= 0.3 is 0 Å². The summed E-state index contributed by atoms with van der Waals surface area (Å²) in [5.41, 5.74) is 0.314. The average Bonchev–Trinajstić information content (AvgIpc) is 2.97. The van der Waals surface area contributed by atoms with Gasteiger partial charge in [-0.05, 0) is 17.5 Å². The van der Waals surface area contributed by atoms with Gasteiger partial charge in [0.25, 0.3) is 5.89 Å². The molecule has 20 heavy (non-hydrogen) atoms. The minimum absolute atomic E-state index is 0.177. The summed E-state index contributed by atoms with van der Waals surface area (Å²) in [4.78, 5) is 16.7. The Hall–Kier alpha value is -1.95. The van der Waals surface area contributed by atoms with Crippen molar-refractivity contribution in [2.75, 3.05) is 0 Å². The Bertz CT molecular complexity index is 621. The normalized spacial score (nSPS) is 12.5. The zero-order valence-corrected chi connectivity index (χ0v) is 12.7. The van der Waals surface area contributed by atoms with Crippen LogP contribution >= 0.6 is 11.3 Å². The van der Waals surface area contributed by atoms with E-state index in [1.54, 1.807) is 11.3 Å². The molecule has 0 saturated heterocycles. The van der Waals surface area contributed by atoms with E-state index in [1.807, 2.05) is 44.4 Å². The Morgan fingerprint density at radius 2 is 2.20 bits per heavy atom. The molecular weight excluding hydrogens is 274 g/mol. The summed E-state index contributed by atoms with van der Waals surface area (Å²) in [6.45, 7) is 7.46. The number of aromatic nitrogens is 2. The van der Waals surface area contributed by atoms with Gasteiger partial charge in [0.1, 0.15) is 5.70 Å². The highest BCUT2D eigenvalue weighted by Crippen LogP contribution is 2.22. The second kappa shape index (κ2) is 5.58. The Morgan fingerprint density at radius 3 is 2.70 bits per heavy atom. The molecule has 2 rings (SSSR count). The number of hydrogen-bond acceptors (Lipinski definition) is 5. The lowest BCUT2D eigenvalue weighted by atomic mass is 9.96. The molecule has 0 aromatic carbocycles. The van der Waals surface area contributed by atoms with Gasteiger partial charge in [0, 0.05) is 17.2 Å². The first kappa shape index (κ1) is 14.5. The molecule has 0 aliphatic rings. The SMILES string of the molecule is CC(=O)NC(=Cc1cccs1)c1nc(C(C)(C)C)no1. The molecule has 2 aromatic rings. The van der Waals surface area contributed by atoms with Crippen LogP contribution in [0.1, 0.15) is 44.3 Å². The predicted octanol–water partition coefficient (Wildman–Crippen LogP) is 3.06. The van der Waals surface area contributed by atoms with Gasteiger partial charge in [-0.1, -0.05) is 32.0 Å². The van der Waals surface area contributed by atoms with Crippen molar-refractivity contribution in [2.45, 2.75) is 33.1 Å². The first-order chi connectivity index (χ1) is 9.36. The lowest BCUT2D eigenvalue weighted by Gasteiger charge is -2.11. The maximum Gasteiger partial charge on any atom is 0.274 e. The van der Waals surface area contributed by atoms with Gasteiger partial charge in [0.2, 0.25) is 5.91 Å². The molecule has 0 atom stereocenters. The molecule has 6 heteroatoms. The van der Waals surface area contributed by atoms with E-state index in [4.69, 9.17) is 4.52 Å². The fourth-order valence-corrected chi connectivity index (χ4v) is 2.15. The molecule has 0 fully saturated rings. The third kappa shape index (κ3) is 3.54. The first-order valence-electron chi connectivity index (χ1n) is 6.23. The molecule has 1 N–H and O–H groups in total. The van der Waals surface area contributed by atoms with Crippen LogP contribution in [0.15, 0.2) is 22.0 Å². The van der Waals surface area contributed by atoms with Crippen molar-refractivity contribution in [2.24, 2.45) is 0 Å². The number of amides is 1. The molecule has 2 heterocycles. The molecule has 1 amide bonds. The van der Waals surface area contributed by atoms with E-state index in [1.165, 1.54) is 6.92 Å². The summed E-state index contributed by atoms with van der Waals surface area (Å²) in [6, 6.07) is 3.89. The molecule has 5 nitrogen and oxygen atoms in total. The van der Waals surface area contributed by atoms with E-state index in [0.717, 1.165) is 4.88 Å². The van der Waals surface area contributed by atoms with Gasteiger partial charge < -0.3 is 9.84 Å². The van der Waals surface area contributed by atoms with Gasteiger partial charge in [0.05, 0.1) is 0 Å². The Kier molecular flexibility index (Phi) is 4.04. The van der Waals surface area contributed by atoms with E-state index in [0.29, 0.717) is 17.4 Å². The van der Waals surface area contributed by atoms with Crippen LogP contribution in [0, 0.1) is 0 Å². The number of nitrogens with one attached hydrogen (secondary N) is 1. The highest BCUT2D eigenvalue weighted by Gasteiger charge is 2.22. The topological polar surface area (TPSA) is 68.0 Å². The summed E-state index contributed by atoms with van der Waals surface area (Å²) in [7, 11) is 0. The monoisotopic (exact) mass is 291 g/mol. The molecule has 2 aromatic heterocycles. The second-order valence-corrected chi connectivity index (χ2v) is 6.41. The molecule has 106 valence electrons. The van der Waals surface area contributed by atoms with Crippen molar-refractivity contribution < 1.29 is 9.32 Å². The fourth-order valence-electron chi connectivity index (χ4n) is 1.49. The molecular formula is C14H17N3O2S. The van der Waals surface area contributed by atoms with E-state index in [2.05, 4.69) is 15.5 Å². The van der Waals surface area contributed by atoms with Crippen LogP contribution in [0.25, 0.3) is 11.8 Å². The van der Waals surface area contributed by atoms with Crippen molar-refractivity contribution >= 4 is 29.0 Å². The number of nitrogens with zero attached hydrogens (tertiary/aromatic N) is 2. The average molecular weight is 291 g/mol. The van der Waals surface area contributed by atoms with Gasteiger partial charge in [-0.3, -0.25) is 4.79 Å². The van der Waals surface area contributed by atoms with Gasteiger partial charge in [-0.25, -0.2) is 0 Å². The smallest absolute Gasteiger partial charge is 0.274 e. The predicted molar refractivity (Wildman–Crippen MR) is 79.0 cm³/mol. The van der Waals surface area contributed by atoms with Crippen LogP contribution in [-0.2, 0) is 10.2 Å². The number of carbonyl (C=O) groups excluding carboxylic acids is 1. The zero-order valence-electron chi connectivity index (χ0n) is 11.9. The van der Waals surface area contributed by atoms with Crippen molar-refractivity contribution in [1.29, 1.82) is 0 Å². The summed E-state index contributed by atoms with van der Waals surface area (Å²) in [6.07, 6.45) is 1.83. The van der Waals surface area contributed by atoms with Gasteiger partial charge in [-0.15, -0.1) is 11.3 Å². The minimum Gasteiger partial charge on any atom is -0.332 e. The second-order valence-electron chi connectivity index (χ2n) is 5.43. The third-order valence-corrected chi connectivity index (χ3v) is 3.29. The molecule has 0 unspecified atom stereocenters. The summed E-state index contributed by atoms with van der Waals surface area (Å²) >= 11 is 1.57. The van der Waals surface area contributed by atoms with Crippen LogP contribution in [0.2, 0.25) is 0 Å². The number of carbonyl (C=O) groups is 1. The largest absolute Gasteiger partial charge is 0.332 e. The standard InChI is InChI=1S/C14H17N3O2S/c1-9(18)15-11(8-10-6-5-7-20-10)12-16-13(17-19-12)14(2,3)4/h5-8H,1-4H3,(H,15,18). The van der Waals surface area contributed by atoms with Crippen LogP contribution in [0.4, 0.5) is 0 Å². The van der Waals surface area contributed by atoms with Crippen molar-refractivity contribution in [3.63, 3.8) is 0 Å². The van der Waals surface area contributed by atoms with E-state index < -0.39 is 0 Å². The van der Waals surface area contributed by atoms with Crippen molar-refractivity contribution in [3.8, 4) is 0 Å². The maximum absolute atomic E-state index is 11.3. The highest BCUT2D eigenvalue weighted by atomic mass is 32.1. The third-order valence-electron chi connectivity index (χ3n) is 2.47. The Morgan fingerprint density at radius 1 is 1.45 bits per heavy atom. The van der Waals surface area contributed by atoms with Crippen LogP contribution in [-0.4, -0.2) is 16.0 Å². The van der Waals surface area contributed by atoms with Gasteiger partial charge in [-0.2, -0.15) is 4.98 Å². The quantitative estimate of drug-likeness (QED) is 0.943. The number of hydrogen-bond donors (Lipinski definition) is 1. The lowest BCUT2D eigenvalue weighted by Crippen LogP contribution is -2.18. The van der Waals surface area contributed by atoms with Crippen molar-refractivity contribution in [3.05, 3.63) is 34.1 Å². The Labute approximate surface area is 121 Å². The van der Waals surface area contributed by atoms with Crippen LogP contribution in [0.5, 0.6) is 0 Å². The zero-order chi connectivity index (χ0) is 14.8. The number of rotatable bonds is 3. The molecule has 0 saturated carbocycles. The van der Waals surface area contributed by atoms with E-state index >= 15 is 0 Å².